The van der Waals surface area contributed by atoms with Gasteiger partial charge in [-0.25, -0.2) is 4.79 Å². The fraction of sp³-hybridized carbons (Fsp3) is 0.200. The zero-order valence-corrected chi connectivity index (χ0v) is 7.74. The summed E-state index contributed by atoms with van der Waals surface area (Å²) in [4.78, 5) is 10.9. The molecule has 14 heavy (non-hydrogen) atoms. The monoisotopic (exact) mass is 190 g/mol. The molecule has 0 amide bonds. The van der Waals surface area contributed by atoms with Crippen LogP contribution in [0, 0.1) is 18.3 Å². The molecule has 0 aliphatic carbocycles. The van der Waals surface area contributed by atoms with E-state index in [1.807, 2.05) is 6.07 Å². The molecule has 4 nitrogen and oxygen atoms in total. The van der Waals surface area contributed by atoms with E-state index < -0.39 is 5.97 Å². The van der Waals surface area contributed by atoms with Crippen LogP contribution in [0.15, 0.2) is 12.1 Å². The number of nitriles is 1. The SMILES string of the molecule is Cc1c(CN)ccc(C#N)c1C(=O)O. The summed E-state index contributed by atoms with van der Waals surface area (Å²) >= 11 is 0. The van der Waals surface area contributed by atoms with E-state index in [-0.39, 0.29) is 17.7 Å². The number of hydrogen-bond donors (Lipinski definition) is 2. The number of carbonyl (C=O) groups is 1. The van der Waals surface area contributed by atoms with Crippen LogP contribution in [-0.4, -0.2) is 11.1 Å². The number of rotatable bonds is 2. The molecule has 72 valence electrons. The van der Waals surface area contributed by atoms with Crippen LogP contribution in [0.5, 0.6) is 0 Å². The topological polar surface area (TPSA) is 87.1 Å². The van der Waals surface area contributed by atoms with Gasteiger partial charge in [0.1, 0.15) is 6.07 Å². The van der Waals surface area contributed by atoms with Crippen molar-refractivity contribution in [3.05, 3.63) is 34.4 Å². The highest BCUT2D eigenvalue weighted by molar-refractivity contribution is 5.92. The Morgan fingerprint density at radius 2 is 2.29 bits per heavy atom. The Morgan fingerprint density at radius 1 is 1.64 bits per heavy atom. The molecular formula is C10H10N2O2. The number of carboxylic acids is 1. The molecule has 0 radical (unpaired) electrons. The first kappa shape index (κ1) is 10.2. The summed E-state index contributed by atoms with van der Waals surface area (Å²) in [6, 6.07) is 5.01. The Bertz CT molecular complexity index is 419. The third-order valence-corrected chi connectivity index (χ3v) is 2.13. The molecule has 0 fully saturated rings. The maximum atomic E-state index is 10.9. The van der Waals surface area contributed by atoms with Crippen molar-refractivity contribution < 1.29 is 9.90 Å². The Hall–Kier alpha value is -1.86. The number of nitrogens with zero attached hydrogens (tertiary/aromatic N) is 1. The van der Waals surface area contributed by atoms with Crippen LogP contribution in [0.2, 0.25) is 0 Å². The van der Waals surface area contributed by atoms with Crippen molar-refractivity contribution in [2.24, 2.45) is 5.73 Å². The predicted octanol–water partition coefficient (Wildman–Crippen LogP) is 1.02. The standard InChI is InChI=1S/C10H10N2O2/c1-6-7(4-11)2-3-8(5-12)9(6)10(13)14/h2-3H,4,11H2,1H3,(H,13,14). The van der Waals surface area contributed by atoms with Gasteiger partial charge in [0.25, 0.3) is 0 Å². The lowest BCUT2D eigenvalue weighted by molar-refractivity contribution is 0.0695. The van der Waals surface area contributed by atoms with Crippen LogP contribution in [0.3, 0.4) is 0 Å². The van der Waals surface area contributed by atoms with Crippen LogP contribution in [0.4, 0.5) is 0 Å². The third-order valence-electron chi connectivity index (χ3n) is 2.13. The van der Waals surface area contributed by atoms with Gasteiger partial charge in [0.2, 0.25) is 0 Å². The van der Waals surface area contributed by atoms with Gasteiger partial charge in [-0.05, 0) is 24.1 Å². The van der Waals surface area contributed by atoms with E-state index in [2.05, 4.69) is 0 Å². The molecular weight excluding hydrogens is 180 g/mol. The molecule has 0 aliphatic rings. The smallest absolute Gasteiger partial charge is 0.337 e. The number of nitrogens with two attached hydrogens (primary N) is 1. The number of hydrogen-bond acceptors (Lipinski definition) is 3. The second-order valence-electron chi connectivity index (χ2n) is 2.89. The van der Waals surface area contributed by atoms with Crippen molar-refractivity contribution >= 4 is 5.97 Å². The zero-order chi connectivity index (χ0) is 10.7. The summed E-state index contributed by atoms with van der Waals surface area (Å²) in [5.74, 6) is -1.09. The van der Waals surface area contributed by atoms with Gasteiger partial charge in [-0.15, -0.1) is 0 Å². The highest BCUT2D eigenvalue weighted by Crippen LogP contribution is 2.17. The van der Waals surface area contributed by atoms with E-state index in [0.29, 0.717) is 5.56 Å². The van der Waals surface area contributed by atoms with Gasteiger partial charge in [-0.3, -0.25) is 0 Å². The summed E-state index contributed by atoms with van der Waals surface area (Å²) < 4.78 is 0. The number of aromatic carboxylic acids is 1. The molecule has 0 unspecified atom stereocenters. The number of carboxylic acid groups (broad SMARTS) is 1. The lowest BCUT2D eigenvalue weighted by atomic mass is 9.97. The average Bonchev–Trinajstić information content (AvgIpc) is 2.16. The van der Waals surface area contributed by atoms with Crippen LogP contribution >= 0.6 is 0 Å². The van der Waals surface area contributed by atoms with Crippen molar-refractivity contribution in [3.63, 3.8) is 0 Å². The average molecular weight is 190 g/mol. The summed E-state index contributed by atoms with van der Waals surface area (Å²) in [5, 5.41) is 17.6. The van der Waals surface area contributed by atoms with Crippen LogP contribution < -0.4 is 5.73 Å². The van der Waals surface area contributed by atoms with Crippen molar-refractivity contribution in [3.8, 4) is 6.07 Å². The van der Waals surface area contributed by atoms with Gasteiger partial charge < -0.3 is 10.8 Å². The lowest BCUT2D eigenvalue weighted by Gasteiger charge is -2.07. The van der Waals surface area contributed by atoms with Crippen molar-refractivity contribution in [2.75, 3.05) is 0 Å². The van der Waals surface area contributed by atoms with E-state index in [1.54, 1.807) is 13.0 Å². The summed E-state index contributed by atoms with van der Waals surface area (Å²) in [6.45, 7) is 1.93. The molecule has 4 heteroatoms. The maximum Gasteiger partial charge on any atom is 0.337 e. The summed E-state index contributed by atoms with van der Waals surface area (Å²) in [7, 11) is 0. The molecule has 1 aromatic carbocycles. The maximum absolute atomic E-state index is 10.9. The quantitative estimate of drug-likeness (QED) is 0.728. The minimum atomic E-state index is -1.09. The van der Waals surface area contributed by atoms with Crippen LogP contribution in [0.25, 0.3) is 0 Å². The molecule has 1 aromatic rings. The van der Waals surface area contributed by atoms with Crippen molar-refractivity contribution in [1.29, 1.82) is 5.26 Å². The number of benzene rings is 1. The highest BCUT2D eigenvalue weighted by Gasteiger charge is 2.15. The van der Waals surface area contributed by atoms with Crippen molar-refractivity contribution in [2.45, 2.75) is 13.5 Å². The predicted molar refractivity (Wildman–Crippen MR) is 50.7 cm³/mol. The molecule has 0 aliphatic heterocycles. The molecule has 0 saturated carbocycles. The van der Waals surface area contributed by atoms with Crippen LogP contribution in [-0.2, 0) is 6.54 Å². The molecule has 0 atom stereocenters. The first-order valence-corrected chi connectivity index (χ1v) is 4.07. The summed E-state index contributed by atoms with van der Waals surface area (Å²) in [6.07, 6.45) is 0. The summed E-state index contributed by atoms with van der Waals surface area (Å²) in [5.41, 5.74) is 6.98. The molecule has 1 rings (SSSR count). The second-order valence-corrected chi connectivity index (χ2v) is 2.89. The first-order valence-electron chi connectivity index (χ1n) is 4.07. The van der Waals surface area contributed by atoms with E-state index in [4.69, 9.17) is 16.1 Å². The highest BCUT2D eigenvalue weighted by atomic mass is 16.4. The van der Waals surface area contributed by atoms with Gasteiger partial charge in [0.05, 0.1) is 11.1 Å². The molecule has 3 N–H and O–H groups in total. The minimum absolute atomic E-state index is 0.0513. The largest absolute Gasteiger partial charge is 0.478 e. The van der Waals surface area contributed by atoms with Gasteiger partial charge in [-0.1, -0.05) is 6.07 Å². The zero-order valence-electron chi connectivity index (χ0n) is 7.74. The molecule has 0 bridgehead atoms. The minimum Gasteiger partial charge on any atom is -0.478 e. The Labute approximate surface area is 81.6 Å². The first-order chi connectivity index (χ1) is 6.61. The molecule has 0 saturated heterocycles. The van der Waals surface area contributed by atoms with Gasteiger partial charge in [0, 0.05) is 6.54 Å². The van der Waals surface area contributed by atoms with Gasteiger partial charge >= 0.3 is 5.97 Å². The van der Waals surface area contributed by atoms with E-state index >= 15 is 0 Å². The van der Waals surface area contributed by atoms with E-state index in [0.717, 1.165) is 5.56 Å². The Balaban J connectivity index is 3.49. The molecule has 0 heterocycles. The van der Waals surface area contributed by atoms with Crippen LogP contribution in [0.1, 0.15) is 27.0 Å². The fourth-order valence-electron chi connectivity index (χ4n) is 1.34. The molecule has 0 aromatic heterocycles. The van der Waals surface area contributed by atoms with Gasteiger partial charge in [0.15, 0.2) is 0 Å². The van der Waals surface area contributed by atoms with Crippen molar-refractivity contribution in [1.82, 2.24) is 0 Å². The molecule has 0 spiro atoms. The van der Waals surface area contributed by atoms with E-state index in [1.165, 1.54) is 6.07 Å². The Kier molecular flexibility index (Phi) is 2.85. The van der Waals surface area contributed by atoms with E-state index in [9.17, 15) is 4.79 Å². The van der Waals surface area contributed by atoms with Gasteiger partial charge in [-0.2, -0.15) is 5.26 Å². The lowest BCUT2D eigenvalue weighted by Crippen LogP contribution is -2.08. The third kappa shape index (κ3) is 1.58. The normalized spacial score (nSPS) is 9.50. The fourth-order valence-corrected chi connectivity index (χ4v) is 1.34. The second kappa shape index (κ2) is 3.90. The Morgan fingerprint density at radius 3 is 2.71 bits per heavy atom.